The Morgan fingerprint density at radius 1 is 1.00 bits per heavy atom. The van der Waals surface area contributed by atoms with E-state index in [1.54, 1.807) is 6.92 Å². The summed E-state index contributed by atoms with van der Waals surface area (Å²) in [7, 11) is 0. The number of rotatable bonds is 4. The van der Waals surface area contributed by atoms with Crippen LogP contribution in [0.4, 0.5) is 5.69 Å². The monoisotopic (exact) mass is 501 g/mol. The molecule has 0 aromatic heterocycles. The van der Waals surface area contributed by atoms with Crippen molar-refractivity contribution in [2.24, 2.45) is 17.3 Å². The summed E-state index contributed by atoms with van der Waals surface area (Å²) >= 11 is 0. The first-order chi connectivity index (χ1) is 17.7. The fraction of sp³-hybridized carbons (Fsp3) is 0.594. The maximum Gasteiger partial charge on any atom is 0.303 e. The van der Waals surface area contributed by atoms with E-state index in [1.165, 1.54) is 47.7 Å². The van der Waals surface area contributed by atoms with Crippen molar-refractivity contribution in [3.8, 4) is 0 Å². The third-order valence-corrected chi connectivity index (χ3v) is 10.5. The van der Waals surface area contributed by atoms with Gasteiger partial charge in [-0.1, -0.05) is 24.6 Å². The standard InChI is InChI=1S/C32H39NO4/c1-20(34)32(37-21(2)35)15-14-29-27-12-8-23-18-25(36)11-13-26(23)30(27)28(19-31(29,32)3)22-6-9-24(10-7-22)33-16-4-5-17-33/h6-7,9-10,18,27-29H,4-5,8,11-17,19H2,1-3H3/t27-,28+,29-,31-,32-/m0/s1. The molecule has 0 unspecified atom stereocenters. The van der Waals surface area contributed by atoms with Crippen molar-refractivity contribution in [2.45, 2.75) is 90.1 Å². The van der Waals surface area contributed by atoms with Crippen molar-refractivity contribution in [1.29, 1.82) is 0 Å². The smallest absolute Gasteiger partial charge is 0.303 e. The minimum Gasteiger partial charge on any atom is -0.451 e. The molecule has 5 aliphatic rings. The molecule has 6 rings (SSSR count). The van der Waals surface area contributed by atoms with Gasteiger partial charge in [-0.3, -0.25) is 14.4 Å². The van der Waals surface area contributed by atoms with Gasteiger partial charge in [0.05, 0.1) is 0 Å². The van der Waals surface area contributed by atoms with Crippen LogP contribution in [0.2, 0.25) is 0 Å². The molecule has 37 heavy (non-hydrogen) atoms. The number of nitrogens with zero attached hydrogens (tertiary/aromatic N) is 1. The van der Waals surface area contributed by atoms with Gasteiger partial charge in [0.15, 0.2) is 17.2 Å². The summed E-state index contributed by atoms with van der Waals surface area (Å²) in [5, 5.41) is 0. The summed E-state index contributed by atoms with van der Waals surface area (Å²) < 4.78 is 6.04. The van der Waals surface area contributed by atoms with E-state index in [0.717, 1.165) is 45.2 Å². The van der Waals surface area contributed by atoms with Crippen LogP contribution in [-0.4, -0.2) is 36.2 Å². The molecule has 1 aromatic rings. The number of ether oxygens (including phenoxy) is 1. The second kappa shape index (κ2) is 8.96. The van der Waals surface area contributed by atoms with Crippen LogP contribution in [0.5, 0.6) is 0 Å². The maximum atomic E-state index is 13.3. The molecule has 5 nitrogen and oxygen atoms in total. The van der Waals surface area contributed by atoms with E-state index in [0.29, 0.717) is 18.8 Å². The molecule has 1 aliphatic heterocycles. The van der Waals surface area contributed by atoms with Crippen LogP contribution in [0.15, 0.2) is 47.1 Å². The highest BCUT2D eigenvalue weighted by molar-refractivity contribution is 5.93. The highest BCUT2D eigenvalue weighted by atomic mass is 16.6. The Bertz CT molecular complexity index is 1200. The first-order valence-electron chi connectivity index (χ1n) is 14.3. The van der Waals surface area contributed by atoms with Gasteiger partial charge >= 0.3 is 5.97 Å². The van der Waals surface area contributed by atoms with Crippen LogP contribution in [0.3, 0.4) is 0 Å². The van der Waals surface area contributed by atoms with Crippen LogP contribution in [0.25, 0.3) is 0 Å². The second-order valence-electron chi connectivity index (χ2n) is 12.3. The Morgan fingerprint density at radius 3 is 2.41 bits per heavy atom. The van der Waals surface area contributed by atoms with E-state index < -0.39 is 11.0 Å². The van der Waals surface area contributed by atoms with Gasteiger partial charge in [-0.25, -0.2) is 0 Å². The molecule has 0 spiro atoms. The molecule has 0 amide bonds. The van der Waals surface area contributed by atoms with Gasteiger partial charge in [0, 0.05) is 43.5 Å². The van der Waals surface area contributed by atoms with E-state index >= 15 is 0 Å². The van der Waals surface area contributed by atoms with Gasteiger partial charge in [0.2, 0.25) is 0 Å². The quantitative estimate of drug-likeness (QED) is 0.468. The van der Waals surface area contributed by atoms with Crippen molar-refractivity contribution in [3.63, 3.8) is 0 Å². The molecule has 196 valence electrons. The molecule has 1 heterocycles. The number of carbonyl (C=O) groups excluding carboxylic acids is 3. The summed E-state index contributed by atoms with van der Waals surface area (Å²) in [4.78, 5) is 40.4. The first-order valence-corrected chi connectivity index (χ1v) is 14.3. The number of fused-ring (bicyclic) bond motifs is 4. The maximum absolute atomic E-state index is 13.3. The van der Waals surface area contributed by atoms with Crippen molar-refractivity contribution >= 4 is 23.2 Å². The topological polar surface area (TPSA) is 63.7 Å². The van der Waals surface area contributed by atoms with Crippen molar-refractivity contribution < 1.29 is 19.1 Å². The number of benzene rings is 1. The van der Waals surface area contributed by atoms with Crippen LogP contribution in [-0.2, 0) is 19.1 Å². The Hall–Kier alpha value is -2.69. The molecule has 2 saturated carbocycles. The summed E-state index contributed by atoms with van der Waals surface area (Å²) in [6.45, 7) is 7.50. The number of esters is 1. The number of ketones is 2. The fourth-order valence-corrected chi connectivity index (χ4v) is 8.90. The van der Waals surface area contributed by atoms with Gasteiger partial charge in [-0.15, -0.1) is 0 Å². The Balaban J connectivity index is 1.48. The second-order valence-corrected chi connectivity index (χ2v) is 12.3. The lowest BCUT2D eigenvalue weighted by molar-refractivity contribution is -0.182. The van der Waals surface area contributed by atoms with Crippen LogP contribution in [0.1, 0.15) is 90.0 Å². The summed E-state index contributed by atoms with van der Waals surface area (Å²) in [5.41, 5.74) is 5.21. The third-order valence-electron chi connectivity index (χ3n) is 10.5. The molecule has 1 aromatic carbocycles. The van der Waals surface area contributed by atoms with E-state index in [4.69, 9.17) is 4.74 Å². The average Bonchev–Trinajstić information content (AvgIpc) is 3.50. The molecule has 1 saturated heterocycles. The van der Waals surface area contributed by atoms with E-state index in [2.05, 4.69) is 36.1 Å². The Labute approximate surface area is 220 Å². The first kappa shape index (κ1) is 24.6. The molecule has 5 heteroatoms. The molecule has 0 N–H and O–H groups in total. The lowest BCUT2D eigenvalue weighted by Crippen LogP contribution is -2.57. The van der Waals surface area contributed by atoms with Gasteiger partial charge in [0.25, 0.3) is 0 Å². The molecule has 5 atom stereocenters. The molecule has 0 bridgehead atoms. The highest BCUT2D eigenvalue weighted by Gasteiger charge is 2.67. The predicted octanol–water partition coefficient (Wildman–Crippen LogP) is 6.08. The normalized spacial score (nSPS) is 35.0. The minimum absolute atomic E-state index is 0.0217. The van der Waals surface area contributed by atoms with Gasteiger partial charge < -0.3 is 9.64 Å². The Kier molecular flexibility index (Phi) is 5.96. The molecular formula is C32H39NO4. The Morgan fingerprint density at radius 2 is 1.73 bits per heavy atom. The van der Waals surface area contributed by atoms with E-state index in [-0.39, 0.29) is 29.4 Å². The summed E-state index contributed by atoms with van der Waals surface area (Å²) in [6, 6.07) is 9.10. The number of hydrogen-bond acceptors (Lipinski definition) is 5. The zero-order chi connectivity index (χ0) is 25.9. The highest BCUT2D eigenvalue weighted by Crippen LogP contribution is 2.67. The predicted molar refractivity (Wildman–Crippen MR) is 143 cm³/mol. The van der Waals surface area contributed by atoms with Gasteiger partial charge in [0.1, 0.15) is 0 Å². The van der Waals surface area contributed by atoms with E-state index in [9.17, 15) is 14.4 Å². The number of Topliss-reactive ketones (excluding diaryl/α,β-unsaturated/α-hetero) is 1. The number of hydrogen-bond donors (Lipinski definition) is 0. The van der Waals surface area contributed by atoms with Crippen LogP contribution >= 0.6 is 0 Å². The molecule has 4 aliphatic carbocycles. The lowest BCUT2D eigenvalue weighted by atomic mass is 9.50. The lowest BCUT2D eigenvalue weighted by Gasteiger charge is -2.55. The SMILES string of the molecule is CC(=O)O[C@]1(C(C)=O)CC[C@H]2[C@@H]3CCC4=CC(=O)CCC4=C3[C@@H](c3ccc(N4CCCC4)cc3)C[C@@]21C. The zero-order valence-electron chi connectivity index (χ0n) is 22.5. The van der Waals surface area contributed by atoms with Gasteiger partial charge in [-0.05, 0) is 105 Å². The summed E-state index contributed by atoms with van der Waals surface area (Å²) in [6.07, 6.45) is 10.00. The third kappa shape index (κ3) is 3.75. The number of carbonyl (C=O) groups is 3. The van der Waals surface area contributed by atoms with Crippen molar-refractivity contribution in [3.05, 3.63) is 52.6 Å². The molecular weight excluding hydrogens is 462 g/mol. The van der Waals surface area contributed by atoms with Gasteiger partial charge in [-0.2, -0.15) is 0 Å². The minimum atomic E-state index is -1.06. The zero-order valence-corrected chi connectivity index (χ0v) is 22.5. The molecule has 0 radical (unpaired) electrons. The van der Waals surface area contributed by atoms with Crippen molar-refractivity contribution in [1.82, 2.24) is 0 Å². The fourth-order valence-electron chi connectivity index (χ4n) is 8.90. The summed E-state index contributed by atoms with van der Waals surface area (Å²) in [5.74, 6) is 0.644. The van der Waals surface area contributed by atoms with Crippen LogP contribution in [0, 0.1) is 17.3 Å². The van der Waals surface area contributed by atoms with E-state index in [1.807, 2.05) is 6.08 Å². The number of allylic oxidation sites excluding steroid dienone is 4. The van der Waals surface area contributed by atoms with Crippen LogP contribution < -0.4 is 4.90 Å². The average molecular weight is 502 g/mol. The molecule has 3 fully saturated rings. The largest absolute Gasteiger partial charge is 0.451 e. The van der Waals surface area contributed by atoms with Crippen molar-refractivity contribution in [2.75, 3.05) is 18.0 Å². The number of anilines is 1.